The number of hydrogen-bond donors (Lipinski definition) is 1. The highest BCUT2D eigenvalue weighted by molar-refractivity contribution is 5.77. The molecule has 144 valence electrons. The number of rotatable bonds is 5. The van der Waals surface area contributed by atoms with Gasteiger partial charge in [0.1, 0.15) is 6.04 Å². The first-order valence-electron chi connectivity index (χ1n) is 9.20. The first-order chi connectivity index (χ1) is 13.6. The van der Waals surface area contributed by atoms with E-state index in [1.54, 1.807) is 18.9 Å². The lowest BCUT2D eigenvalue weighted by atomic mass is 9.98. The lowest BCUT2D eigenvalue weighted by molar-refractivity contribution is 0.348. The lowest BCUT2D eigenvalue weighted by Gasteiger charge is -2.25. The molecule has 1 aliphatic rings. The summed E-state index contributed by atoms with van der Waals surface area (Å²) in [5.41, 5.74) is 4.25. The number of hydrogen-bond acceptors (Lipinski definition) is 6. The third kappa shape index (κ3) is 3.09. The van der Waals surface area contributed by atoms with E-state index in [9.17, 15) is 0 Å². The van der Waals surface area contributed by atoms with Crippen molar-refractivity contribution in [2.45, 2.75) is 25.8 Å². The van der Waals surface area contributed by atoms with Crippen molar-refractivity contribution in [2.75, 3.05) is 19.5 Å². The predicted octanol–water partition coefficient (Wildman–Crippen LogP) is 3.87. The molecule has 0 saturated carbocycles. The second-order valence-corrected chi connectivity index (χ2v) is 6.96. The van der Waals surface area contributed by atoms with Gasteiger partial charge in [0, 0.05) is 11.3 Å². The fraction of sp³-hybridized carbons (Fsp3) is 0.286. The van der Waals surface area contributed by atoms with Gasteiger partial charge in [-0.15, -0.1) is 0 Å². The molecule has 0 aliphatic carbocycles. The molecular formula is C21H23N5O2. The predicted molar refractivity (Wildman–Crippen MR) is 108 cm³/mol. The van der Waals surface area contributed by atoms with E-state index < -0.39 is 0 Å². The van der Waals surface area contributed by atoms with E-state index in [0.29, 0.717) is 23.4 Å². The maximum Gasteiger partial charge on any atom is 0.248 e. The summed E-state index contributed by atoms with van der Waals surface area (Å²) in [5.74, 6) is 2.41. The molecule has 7 nitrogen and oxygen atoms in total. The van der Waals surface area contributed by atoms with Crippen molar-refractivity contribution < 1.29 is 9.47 Å². The highest BCUT2D eigenvalue weighted by Crippen LogP contribution is 2.40. The van der Waals surface area contributed by atoms with Crippen LogP contribution in [0.4, 0.5) is 5.95 Å². The van der Waals surface area contributed by atoms with Crippen LogP contribution in [0.3, 0.4) is 0 Å². The Morgan fingerprint density at radius 2 is 1.82 bits per heavy atom. The zero-order valence-corrected chi connectivity index (χ0v) is 16.4. The maximum absolute atomic E-state index is 5.64. The number of tetrazole rings is 1. The number of para-hydroxylation sites is 1. The summed E-state index contributed by atoms with van der Waals surface area (Å²) in [6, 6.07) is 14.1. The Morgan fingerprint density at radius 3 is 2.50 bits per heavy atom. The molecule has 1 aliphatic heterocycles. The highest BCUT2D eigenvalue weighted by atomic mass is 16.5. The van der Waals surface area contributed by atoms with Crippen molar-refractivity contribution in [1.82, 2.24) is 20.2 Å². The third-order valence-electron chi connectivity index (χ3n) is 4.97. The average Bonchev–Trinajstić information content (AvgIpc) is 3.21. The number of benzene rings is 2. The van der Waals surface area contributed by atoms with Gasteiger partial charge in [-0.05, 0) is 39.6 Å². The minimum Gasteiger partial charge on any atom is -0.493 e. The fourth-order valence-electron chi connectivity index (χ4n) is 3.44. The first-order valence-corrected chi connectivity index (χ1v) is 9.20. The van der Waals surface area contributed by atoms with E-state index >= 15 is 0 Å². The Kier molecular flexibility index (Phi) is 4.73. The molecule has 1 atom stereocenters. The number of allylic oxidation sites excluding steroid dienone is 1. The zero-order valence-electron chi connectivity index (χ0n) is 16.4. The third-order valence-corrected chi connectivity index (χ3v) is 4.97. The second-order valence-electron chi connectivity index (χ2n) is 6.96. The van der Waals surface area contributed by atoms with E-state index in [-0.39, 0.29) is 6.04 Å². The summed E-state index contributed by atoms with van der Waals surface area (Å²) in [5, 5.41) is 15.5. The molecule has 0 amide bonds. The summed E-state index contributed by atoms with van der Waals surface area (Å²) >= 11 is 0. The van der Waals surface area contributed by atoms with Gasteiger partial charge in [0.25, 0.3) is 0 Å². The van der Waals surface area contributed by atoms with Gasteiger partial charge in [-0.3, -0.25) is 0 Å². The van der Waals surface area contributed by atoms with Gasteiger partial charge in [-0.2, -0.15) is 4.68 Å². The normalized spacial score (nSPS) is 15.6. The Bertz CT molecular complexity index is 1010. The van der Waals surface area contributed by atoms with Gasteiger partial charge in [-0.25, -0.2) is 0 Å². The van der Waals surface area contributed by atoms with E-state index in [1.807, 2.05) is 18.2 Å². The summed E-state index contributed by atoms with van der Waals surface area (Å²) in [6.45, 7) is 4.37. The molecule has 0 bridgehead atoms. The Morgan fingerprint density at radius 1 is 1.04 bits per heavy atom. The van der Waals surface area contributed by atoms with Gasteiger partial charge < -0.3 is 14.8 Å². The number of fused-ring (bicyclic) bond motifs is 1. The molecule has 0 spiro atoms. The number of aromatic nitrogens is 4. The van der Waals surface area contributed by atoms with Crippen LogP contribution < -0.4 is 14.8 Å². The minimum absolute atomic E-state index is 0.226. The molecule has 1 aromatic heterocycles. The van der Waals surface area contributed by atoms with Crippen molar-refractivity contribution in [3.63, 3.8) is 0 Å². The van der Waals surface area contributed by atoms with Crippen LogP contribution in [-0.2, 0) is 0 Å². The number of nitrogens with one attached hydrogen (secondary N) is 1. The van der Waals surface area contributed by atoms with Crippen LogP contribution in [0, 0.1) is 0 Å². The topological polar surface area (TPSA) is 74.1 Å². The van der Waals surface area contributed by atoms with E-state index in [2.05, 4.69) is 65.0 Å². The molecule has 28 heavy (non-hydrogen) atoms. The molecule has 2 heterocycles. The van der Waals surface area contributed by atoms with Crippen LogP contribution in [0.15, 0.2) is 48.5 Å². The van der Waals surface area contributed by atoms with Gasteiger partial charge in [0.05, 0.1) is 14.2 Å². The van der Waals surface area contributed by atoms with Crippen LogP contribution in [0.25, 0.3) is 5.70 Å². The Labute approximate surface area is 164 Å². The van der Waals surface area contributed by atoms with Crippen LogP contribution in [0.2, 0.25) is 0 Å². The molecular weight excluding hydrogens is 354 g/mol. The van der Waals surface area contributed by atoms with Gasteiger partial charge in [-0.1, -0.05) is 55.3 Å². The summed E-state index contributed by atoms with van der Waals surface area (Å²) in [4.78, 5) is 0. The summed E-state index contributed by atoms with van der Waals surface area (Å²) in [7, 11) is 3.27. The summed E-state index contributed by atoms with van der Waals surface area (Å²) < 4.78 is 12.8. The number of anilines is 1. The van der Waals surface area contributed by atoms with E-state index in [4.69, 9.17) is 9.47 Å². The van der Waals surface area contributed by atoms with E-state index in [1.165, 1.54) is 5.56 Å². The van der Waals surface area contributed by atoms with Crippen LogP contribution in [-0.4, -0.2) is 34.4 Å². The summed E-state index contributed by atoms with van der Waals surface area (Å²) in [6.07, 6.45) is 2.10. The number of nitrogens with zero attached hydrogens (tertiary/aromatic N) is 4. The first kappa shape index (κ1) is 18.0. The monoisotopic (exact) mass is 377 g/mol. The van der Waals surface area contributed by atoms with Crippen LogP contribution in [0.5, 0.6) is 11.5 Å². The van der Waals surface area contributed by atoms with Crippen LogP contribution >= 0.6 is 0 Å². The molecule has 0 saturated heterocycles. The van der Waals surface area contributed by atoms with Crippen molar-refractivity contribution in [3.8, 4) is 11.5 Å². The molecule has 0 fully saturated rings. The van der Waals surface area contributed by atoms with Crippen molar-refractivity contribution in [2.24, 2.45) is 0 Å². The molecule has 1 N–H and O–H groups in total. The average molecular weight is 377 g/mol. The minimum atomic E-state index is -0.226. The molecule has 3 aromatic rings. The van der Waals surface area contributed by atoms with Gasteiger partial charge in [0.15, 0.2) is 11.5 Å². The zero-order chi connectivity index (χ0) is 19.7. The van der Waals surface area contributed by atoms with Crippen molar-refractivity contribution in [1.29, 1.82) is 0 Å². The molecule has 7 heteroatoms. The van der Waals surface area contributed by atoms with E-state index in [0.717, 1.165) is 16.8 Å². The Hall–Kier alpha value is -3.35. The maximum atomic E-state index is 5.64. The standard InChI is InChI=1S/C21H23N5O2/c1-13(2)14-8-10-15(11-9-14)17-12-18(26-21(22-17)23-24-25-26)16-6-5-7-19(27-3)20(16)28-4/h5-13,18H,1-4H3,(H,22,23,25)/t18-/m1/s1. The van der Waals surface area contributed by atoms with Gasteiger partial charge in [0.2, 0.25) is 5.95 Å². The molecule has 4 rings (SSSR count). The molecule has 2 aromatic carbocycles. The fourth-order valence-corrected chi connectivity index (χ4v) is 3.44. The quantitative estimate of drug-likeness (QED) is 0.728. The van der Waals surface area contributed by atoms with Crippen molar-refractivity contribution in [3.05, 3.63) is 65.2 Å². The largest absolute Gasteiger partial charge is 0.493 e. The number of methoxy groups -OCH3 is 2. The van der Waals surface area contributed by atoms with Crippen molar-refractivity contribution >= 4 is 11.6 Å². The second kappa shape index (κ2) is 7.34. The number of ether oxygens (including phenoxy) is 2. The van der Waals surface area contributed by atoms with Crippen LogP contribution in [0.1, 0.15) is 42.5 Å². The lowest BCUT2D eigenvalue weighted by Crippen LogP contribution is -2.21. The molecule has 0 radical (unpaired) electrons. The molecule has 0 unspecified atom stereocenters. The SMILES string of the molecule is COc1cccc([C@H]2C=C(c3ccc(C(C)C)cc3)Nc3nnnn32)c1OC. The Balaban J connectivity index is 1.81. The highest BCUT2D eigenvalue weighted by Gasteiger charge is 2.27. The smallest absolute Gasteiger partial charge is 0.248 e. The van der Waals surface area contributed by atoms with Gasteiger partial charge >= 0.3 is 0 Å².